The van der Waals surface area contributed by atoms with Gasteiger partial charge >= 0.3 is 0 Å². The van der Waals surface area contributed by atoms with Crippen LogP contribution in [-0.4, -0.2) is 29.7 Å². The molecule has 1 heterocycles. The zero-order chi connectivity index (χ0) is 14.2. The summed E-state index contributed by atoms with van der Waals surface area (Å²) in [7, 11) is 0. The van der Waals surface area contributed by atoms with Crippen LogP contribution in [0.2, 0.25) is 0 Å². The number of aromatic nitrogens is 2. The first-order valence-corrected chi connectivity index (χ1v) is 7.83. The third-order valence-corrected chi connectivity index (χ3v) is 3.66. The molecule has 2 rings (SSSR count). The first-order chi connectivity index (χ1) is 9.83. The van der Waals surface area contributed by atoms with Gasteiger partial charge in [-0.2, -0.15) is 0 Å². The number of ether oxygens (including phenoxy) is 1. The van der Waals surface area contributed by atoms with E-state index in [9.17, 15) is 0 Å². The molecule has 0 saturated heterocycles. The third kappa shape index (κ3) is 4.15. The number of hydrogen-bond donors (Lipinski definition) is 1. The molecule has 1 aromatic carbocycles. The number of benzene rings is 1. The van der Waals surface area contributed by atoms with Crippen LogP contribution in [0.15, 0.2) is 29.0 Å². The Morgan fingerprint density at radius 3 is 2.90 bits per heavy atom. The van der Waals surface area contributed by atoms with Gasteiger partial charge in [0.15, 0.2) is 0 Å². The average Bonchev–Trinajstić information content (AvgIpc) is 2.47. The van der Waals surface area contributed by atoms with Crippen LogP contribution in [0, 0.1) is 0 Å². The highest BCUT2D eigenvalue weighted by Crippen LogP contribution is 2.25. The maximum absolute atomic E-state index is 5.54. The highest BCUT2D eigenvalue weighted by atomic mass is 79.9. The molecule has 0 aliphatic carbocycles. The van der Waals surface area contributed by atoms with Crippen molar-refractivity contribution in [3.8, 4) is 0 Å². The van der Waals surface area contributed by atoms with Crippen LogP contribution in [0.4, 0.5) is 5.82 Å². The van der Waals surface area contributed by atoms with E-state index < -0.39 is 0 Å². The number of unbranched alkanes of at least 4 members (excludes halogenated alkanes) is 1. The largest absolute Gasteiger partial charge is 0.381 e. The number of hydrogen-bond acceptors (Lipinski definition) is 4. The van der Waals surface area contributed by atoms with Gasteiger partial charge in [0.05, 0.1) is 5.52 Å². The Hall–Kier alpha value is -1.20. The smallest absolute Gasteiger partial charge is 0.137 e. The Morgan fingerprint density at radius 2 is 2.05 bits per heavy atom. The molecule has 108 valence electrons. The maximum atomic E-state index is 5.54. The molecule has 1 N–H and O–H groups in total. The normalized spacial score (nSPS) is 10.9. The topological polar surface area (TPSA) is 47.0 Å². The van der Waals surface area contributed by atoms with E-state index in [1.54, 1.807) is 6.33 Å². The second kappa shape index (κ2) is 8.17. The van der Waals surface area contributed by atoms with Crippen molar-refractivity contribution in [3.05, 3.63) is 29.0 Å². The van der Waals surface area contributed by atoms with E-state index in [1.165, 1.54) is 6.42 Å². The Labute approximate surface area is 128 Å². The number of rotatable bonds is 8. The number of anilines is 1. The van der Waals surface area contributed by atoms with Crippen molar-refractivity contribution in [3.63, 3.8) is 0 Å². The van der Waals surface area contributed by atoms with E-state index >= 15 is 0 Å². The summed E-state index contributed by atoms with van der Waals surface area (Å²) in [5.41, 5.74) is 0.934. The van der Waals surface area contributed by atoms with Crippen LogP contribution in [0.5, 0.6) is 0 Å². The van der Waals surface area contributed by atoms with E-state index in [0.29, 0.717) is 0 Å². The monoisotopic (exact) mass is 337 g/mol. The lowest BCUT2D eigenvalue weighted by Crippen LogP contribution is -2.08. The molecule has 20 heavy (non-hydrogen) atoms. The van der Waals surface area contributed by atoms with Gasteiger partial charge in [-0.15, -0.1) is 0 Å². The Bertz CT molecular complexity index is 548. The minimum atomic E-state index is 0.791. The summed E-state index contributed by atoms with van der Waals surface area (Å²) in [5, 5.41) is 4.39. The molecule has 0 atom stereocenters. The van der Waals surface area contributed by atoms with Crippen LogP contribution in [0.3, 0.4) is 0 Å². The maximum Gasteiger partial charge on any atom is 0.137 e. The fourth-order valence-corrected chi connectivity index (χ4v) is 2.39. The van der Waals surface area contributed by atoms with Gasteiger partial charge < -0.3 is 10.1 Å². The van der Waals surface area contributed by atoms with E-state index in [-0.39, 0.29) is 0 Å². The molecule has 1 aromatic heterocycles. The first kappa shape index (κ1) is 15.2. The molecule has 0 spiro atoms. The summed E-state index contributed by atoms with van der Waals surface area (Å²) in [6, 6.07) is 6.01. The minimum Gasteiger partial charge on any atom is -0.381 e. The lowest BCUT2D eigenvalue weighted by molar-refractivity contribution is 0.131. The highest BCUT2D eigenvalue weighted by molar-refractivity contribution is 9.10. The number of nitrogens with one attached hydrogen (secondary N) is 1. The summed E-state index contributed by atoms with van der Waals surface area (Å²) in [5.74, 6) is 0.879. The van der Waals surface area contributed by atoms with E-state index in [4.69, 9.17) is 4.74 Å². The van der Waals surface area contributed by atoms with Crippen LogP contribution in [-0.2, 0) is 4.74 Å². The molecule has 5 heteroatoms. The molecule has 0 bridgehead atoms. The molecule has 0 unspecified atom stereocenters. The summed E-state index contributed by atoms with van der Waals surface area (Å²) < 4.78 is 6.53. The molecule has 0 fully saturated rings. The Morgan fingerprint density at radius 1 is 1.20 bits per heavy atom. The van der Waals surface area contributed by atoms with Gasteiger partial charge in [0, 0.05) is 29.6 Å². The molecule has 2 aromatic rings. The standard InChI is InChI=1S/C15H20BrN3O/c1-2-3-9-20-10-5-8-17-15-12-6-4-7-13(16)14(12)18-11-19-15/h4,6-7,11H,2-3,5,8-10H2,1H3,(H,17,18,19). The van der Waals surface area contributed by atoms with Gasteiger partial charge in [0.1, 0.15) is 12.1 Å². The second-order valence-corrected chi connectivity index (χ2v) is 5.46. The number of fused-ring (bicyclic) bond motifs is 1. The SMILES string of the molecule is CCCCOCCCNc1ncnc2c(Br)cccc12. The lowest BCUT2D eigenvalue weighted by Gasteiger charge is -2.09. The predicted molar refractivity (Wildman–Crippen MR) is 86.1 cm³/mol. The van der Waals surface area contributed by atoms with Crippen molar-refractivity contribution in [1.29, 1.82) is 0 Å². The van der Waals surface area contributed by atoms with Crippen molar-refractivity contribution in [2.45, 2.75) is 26.2 Å². The molecule has 4 nitrogen and oxygen atoms in total. The molecule has 0 aliphatic rings. The van der Waals surface area contributed by atoms with Crippen molar-refractivity contribution >= 4 is 32.7 Å². The number of halogens is 1. The second-order valence-electron chi connectivity index (χ2n) is 4.60. The molecule has 0 aliphatic heterocycles. The van der Waals surface area contributed by atoms with Crippen LogP contribution >= 0.6 is 15.9 Å². The fraction of sp³-hybridized carbons (Fsp3) is 0.467. The molecular formula is C15H20BrN3O. The van der Waals surface area contributed by atoms with Crippen molar-refractivity contribution < 1.29 is 4.74 Å². The zero-order valence-corrected chi connectivity index (χ0v) is 13.3. The summed E-state index contributed by atoms with van der Waals surface area (Å²) in [6.07, 6.45) is 4.88. The quantitative estimate of drug-likeness (QED) is 0.739. The average molecular weight is 338 g/mol. The lowest BCUT2D eigenvalue weighted by atomic mass is 10.2. The molecule has 0 amide bonds. The van der Waals surface area contributed by atoms with Gasteiger partial charge in [-0.05, 0) is 40.9 Å². The minimum absolute atomic E-state index is 0.791. The van der Waals surface area contributed by atoms with Crippen LogP contribution in [0.1, 0.15) is 26.2 Å². The van der Waals surface area contributed by atoms with Crippen molar-refractivity contribution in [2.75, 3.05) is 25.1 Å². The van der Waals surface area contributed by atoms with E-state index in [1.807, 2.05) is 18.2 Å². The summed E-state index contributed by atoms with van der Waals surface area (Å²) in [4.78, 5) is 8.61. The summed E-state index contributed by atoms with van der Waals surface area (Å²) >= 11 is 3.51. The van der Waals surface area contributed by atoms with E-state index in [2.05, 4.69) is 38.1 Å². The predicted octanol–water partition coefficient (Wildman–Crippen LogP) is 4.01. The first-order valence-electron chi connectivity index (χ1n) is 7.03. The van der Waals surface area contributed by atoms with Gasteiger partial charge in [0.25, 0.3) is 0 Å². The van der Waals surface area contributed by atoms with Crippen molar-refractivity contribution in [1.82, 2.24) is 9.97 Å². The highest BCUT2D eigenvalue weighted by Gasteiger charge is 2.05. The Kier molecular flexibility index (Phi) is 6.21. The summed E-state index contributed by atoms with van der Waals surface area (Å²) in [6.45, 7) is 4.67. The molecule has 0 radical (unpaired) electrons. The van der Waals surface area contributed by atoms with Crippen molar-refractivity contribution in [2.24, 2.45) is 0 Å². The zero-order valence-electron chi connectivity index (χ0n) is 11.7. The molecule has 0 saturated carbocycles. The number of nitrogens with zero attached hydrogens (tertiary/aromatic N) is 2. The van der Waals surface area contributed by atoms with Gasteiger partial charge in [-0.25, -0.2) is 9.97 Å². The molecular weight excluding hydrogens is 318 g/mol. The van der Waals surface area contributed by atoms with Crippen LogP contribution < -0.4 is 5.32 Å². The Balaban J connectivity index is 1.86. The van der Waals surface area contributed by atoms with E-state index in [0.717, 1.165) is 53.8 Å². The number of para-hydroxylation sites is 1. The third-order valence-electron chi connectivity index (χ3n) is 3.02. The fourth-order valence-electron chi connectivity index (χ4n) is 1.92. The van der Waals surface area contributed by atoms with Gasteiger partial charge in [0.2, 0.25) is 0 Å². The van der Waals surface area contributed by atoms with Gasteiger partial charge in [-0.3, -0.25) is 0 Å². The van der Waals surface area contributed by atoms with Crippen LogP contribution in [0.25, 0.3) is 10.9 Å². The van der Waals surface area contributed by atoms with Gasteiger partial charge in [-0.1, -0.05) is 19.4 Å².